The predicted octanol–water partition coefficient (Wildman–Crippen LogP) is 3.39. The molecule has 0 aliphatic heterocycles. The summed E-state index contributed by atoms with van der Waals surface area (Å²) in [6.45, 7) is 2.02. The quantitative estimate of drug-likeness (QED) is 0.702. The van der Waals surface area contributed by atoms with Crippen molar-refractivity contribution in [3.63, 3.8) is 0 Å². The highest BCUT2D eigenvalue weighted by Gasteiger charge is 2.10. The molecule has 0 aliphatic carbocycles. The number of halogens is 1. The zero-order valence-corrected chi connectivity index (χ0v) is 10.5. The van der Waals surface area contributed by atoms with Gasteiger partial charge in [0.05, 0.1) is 22.4 Å². The van der Waals surface area contributed by atoms with Crippen molar-refractivity contribution < 1.29 is 4.39 Å². The second-order valence-corrected chi connectivity index (χ2v) is 4.22. The van der Waals surface area contributed by atoms with E-state index in [1.165, 1.54) is 12.1 Å². The third-order valence-corrected chi connectivity index (χ3v) is 2.94. The SMILES string of the molecule is CCc1nc2ccc(F)cc2nc1-c1ccccn1. The first kappa shape index (κ1) is 11.7. The summed E-state index contributed by atoms with van der Waals surface area (Å²) in [4.78, 5) is 13.3. The van der Waals surface area contributed by atoms with Gasteiger partial charge >= 0.3 is 0 Å². The summed E-state index contributed by atoms with van der Waals surface area (Å²) >= 11 is 0. The molecule has 3 nitrogen and oxygen atoms in total. The molecule has 0 atom stereocenters. The van der Waals surface area contributed by atoms with E-state index in [-0.39, 0.29) is 5.82 Å². The van der Waals surface area contributed by atoms with Gasteiger partial charge in [0.25, 0.3) is 0 Å². The normalized spacial score (nSPS) is 10.8. The third-order valence-electron chi connectivity index (χ3n) is 2.94. The van der Waals surface area contributed by atoms with E-state index in [1.807, 2.05) is 25.1 Å². The fraction of sp³-hybridized carbons (Fsp3) is 0.133. The smallest absolute Gasteiger partial charge is 0.125 e. The Morgan fingerprint density at radius 1 is 1.05 bits per heavy atom. The van der Waals surface area contributed by atoms with Crippen LogP contribution < -0.4 is 0 Å². The van der Waals surface area contributed by atoms with Crippen molar-refractivity contribution in [2.45, 2.75) is 13.3 Å². The summed E-state index contributed by atoms with van der Waals surface area (Å²) in [6.07, 6.45) is 2.47. The van der Waals surface area contributed by atoms with Crippen molar-refractivity contribution in [1.29, 1.82) is 0 Å². The minimum absolute atomic E-state index is 0.307. The molecule has 0 radical (unpaired) electrons. The predicted molar refractivity (Wildman–Crippen MR) is 72.1 cm³/mol. The molecular weight excluding hydrogens is 241 g/mol. The van der Waals surface area contributed by atoms with E-state index in [0.29, 0.717) is 11.0 Å². The Kier molecular flexibility index (Phi) is 2.91. The number of fused-ring (bicyclic) bond motifs is 1. The second-order valence-electron chi connectivity index (χ2n) is 4.22. The molecule has 0 fully saturated rings. The van der Waals surface area contributed by atoms with Gasteiger partial charge in [0.15, 0.2) is 0 Å². The lowest BCUT2D eigenvalue weighted by Crippen LogP contribution is -1.99. The summed E-state index contributed by atoms with van der Waals surface area (Å²) in [7, 11) is 0. The Hall–Kier alpha value is -2.36. The molecule has 0 N–H and O–H groups in total. The number of rotatable bonds is 2. The van der Waals surface area contributed by atoms with Crippen molar-refractivity contribution >= 4 is 11.0 Å². The Morgan fingerprint density at radius 3 is 2.68 bits per heavy atom. The van der Waals surface area contributed by atoms with Gasteiger partial charge in [0.2, 0.25) is 0 Å². The molecule has 4 heteroatoms. The first-order chi connectivity index (χ1) is 9.28. The van der Waals surface area contributed by atoms with Gasteiger partial charge in [-0.2, -0.15) is 0 Å². The maximum atomic E-state index is 13.3. The molecule has 0 saturated heterocycles. The molecule has 0 amide bonds. The van der Waals surface area contributed by atoms with Crippen LogP contribution in [0.4, 0.5) is 4.39 Å². The van der Waals surface area contributed by atoms with E-state index in [4.69, 9.17) is 0 Å². The van der Waals surface area contributed by atoms with Crippen molar-refractivity contribution in [3.05, 3.63) is 54.1 Å². The molecule has 2 heterocycles. The van der Waals surface area contributed by atoms with Gasteiger partial charge in [-0.1, -0.05) is 13.0 Å². The standard InChI is InChI=1S/C15H12FN3/c1-2-11-15(13-5-3-4-8-17-13)19-14-9-10(16)6-7-12(14)18-11/h3-9H,2H2,1H3. The number of nitrogens with zero attached hydrogens (tertiary/aromatic N) is 3. The minimum Gasteiger partial charge on any atom is -0.255 e. The number of hydrogen-bond acceptors (Lipinski definition) is 3. The van der Waals surface area contributed by atoms with E-state index in [0.717, 1.165) is 23.5 Å². The lowest BCUT2D eigenvalue weighted by molar-refractivity contribution is 0.629. The Balaban J connectivity index is 2.28. The van der Waals surface area contributed by atoms with Crippen LogP contribution >= 0.6 is 0 Å². The van der Waals surface area contributed by atoms with E-state index in [1.54, 1.807) is 12.3 Å². The fourth-order valence-corrected chi connectivity index (χ4v) is 2.02. The lowest BCUT2D eigenvalue weighted by atomic mass is 10.1. The molecule has 94 valence electrons. The summed E-state index contributed by atoms with van der Waals surface area (Å²) in [5.74, 6) is -0.307. The summed E-state index contributed by atoms with van der Waals surface area (Å²) in [5.41, 5.74) is 3.62. The summed E-state index contributed by atoms with van der Waals surface area (Å²) in [6, 6.07) is 10.1. The lowest BCUT2D eigenvalue weighted by Gasteiger charge is -2.07. The van der Waals surface area contributed by atoms with Crippen LogP contribution in [0.1, 0.15) is 12.6 Å². The topological polar surface area (TPSA) is 38.7 Å². The minimum atomic E-state index is -0.307. The highest BCUT2D eigenvalue weighted by molar-refractivity contribution is 5.77. The molecule has 3 rings (SSSR count). The zero-order chi connectivity index (χ0) is 13.2. The highest BCUT2D eigenvalue weighted by atomic mass is 19.1. The van der Waals surface area contributed by atoms with Crippen LogP contribution in [-0.4, -0.2) is 15.0 Å². The largest absolute Gasteiger partial charge is 0.255 e. The average molecular weight is 253 g/mol. The van der Waals surface area contributed by atoms with Gasteiger partial charge in [-0.15, -0.1) is 0 Å². The Bertz CT molecular complexity index is 726. The molecule has 3 aromatic rings. The van der Waals surface area contributed by atoms with Crippen LogP contribution in [0.15, 0.2) is 42.6 Å². The number of hydrogen-bond donors (Lipinski definition) is 0. The van der Waals surface area contributed by atoms with E-state index in [9.17, 15) is 4.39 Å². The number of aryl methyl sites for hydroxylation is 1. The maximum Gasteiger partial charge on any atom is 0.125 e. The van der Waals surface area contributed by atoms with Crippen molar-refractivity contribution in [1.82, 2.24) is 15.0 Å². The van der Waals surface area contributed by atoms with Crippen molar-refractivity contribution in [3.8, 4) is 11.4 Å². The van der Waals surface area contributed by atoms with Crippen LogP contribution in [-0.2, 0) is 6.42 Å². The van der Waals surface area contributed by atoms with Crippen LogP contribution in [0, 0.1) is 5.82 Å². The maximum absolute atomic E-state index is 13.3. The van der Waals surface area contributed by atoms with Crippen LogP contribution in [0.25, 0.3) is 22.4 Å². The Labute approximate surface area is 110 Å². The summed E-state index contributed by atoms with van der Waals surface area (Å²) < 4.78 is 13.3. The van der Waals surface area contributed by atoms with Gasteiger partial charge < -0.3 is 0 Å². The molecule has 2 aromatic heterocycles. The second kappa shape index (κ2) is 4.72. The van der Waals surface area contributed by atoms with Gasteiger partial charge in [-0.05, 0) is 30.7 Å². The van der Waals surface area contributed by atoms with Gasteiger partial charge in [-0.3, -0.25) is 4.98 Å². The molecule has 1 aromatic carbocycles. The van der Waals surface area contributed by atoms with Gasteiger partial charge in [0, 0.05) is 12.3 Å². The van der Waals surface area contributed by atoms with E-state index >= 15 is 0 Å². The highest BCUT2D eigenvalue weighted by Crippen LogP contribution is 2.22. The Morgan fingerprint density at radius 2 is 1.95 bits per heavy atom. The number of pyridine rings is 1. The fourth-order valence-electron chi connectivity index (χ4n) is 2.02. The molecule has 19 heavy (non-hydrogen) atoms. The average Bonchev–Trinajstić information content (AvgIpc) is 2.46. The molecule has 0 aliphatic rings. The molecule has 0 spiro atoms. The van der Waals surface area contributed by atoms with E-state index in [2.05, 4.69) is 15.0 Å². The number of aromatic nitrogens is 3. The number of benzene rings is 1. The van der Waals surface area contributed by atoms with E-state index < -0.39 is 0 Å². The molecule has 0 unspecified atom stereocenters. The summed E-state index contributed by atoms with van der Waals surface area (Å²) in [5, 5.41) is 0. The first-order valence-corrected chi connectivity index (χ1v) is 6.15. The third kappa shape index (κ3) is 2.17. The molecule has 0 saturated carbocycles. The van der Waals surface area contributed by atoms with Crippen LogP contribution in [0.2, 0.25) is 0 Å². The first-order valence-electron chi connectivity index (χ1n) is 6.15. The van der Waals surface area contributed by atoms with Crippen LogP contribution in [0.5, 0.6) is 0 Å². The zero-order valence-electron chi connectivity index (χ0n) is 10.5. The van der Waals surface area contributed by atoms with Gasteiger partial charge in [-0.25, -0.2) is 14.4 Å². The molecule has 0 bridgehead atoms. The molecular formula is C15H12FN3. The van der Waals surface area contributed by atoms with Crippen LogP contribution in [0.3, 0.4) is 0 Å². The monoisotopic (exact) mass is 253 g/mol. The van der Waals surface area contributed by atoms with Gasteiger partial charge in [0.1, 0.15) is 11.5 Å². The van der Waals surface area contributed by atoms with Crippen molar-refractivity contribution in [2.24, 2.45) is 0 Å². The van der Waals surface area contributed by atoms with Crippen molar-refractivity contribution in [2.75, 3.05) is 0 Å².